The lowest BCUT2D eigenvalue weighted by atomic mass is 10.2. The minimum Gasteiger partial charge on any atom is -0.493 e. The van der Waals surface area contributed by atoms with Crippen LogP contribution in [0.4, 0.5) is 13.2 Å². The summed E-state index contributed by atoms with van der Waals surface area (Å²) in [5.74, 6) is -0.125. The molecule has 1 aromatic carbocycles. The molecule has 0 aliphatic heterocycles. The van der Waals surface area contributed by atoms with Gasteiger partial charge in [0, 0.05) is 10.5 Å². The van der Waals surface area contributed by atoms with E-state index in [0.29, 0.717) is 16.9 Å². The smallest absolute Gasteiger partial charge is 0.420 e. The number of halogens is 4. The van der Waals surface area contributed by atoms with Crippen LogP contribution in [0.15, 0.2) is 22.7 Å². The standard InChI is InChI=1S/C13H17BrF3NO/c1-9(2)18-6-3-7-19-12-5-4-10(14)8-11(12)13(15,16)17/h4-5,8-9,18H,3,6-7H2,1-2H3. The quantitative estimate of drug-likeness (QED) is 0.783. The number of alkyl halides is 3. The first-order chi connectivity index (χ1) is 8.80. The fourth-order valence-corrected chi connectivity index (χ4v) is 1.86. The van der Waals surface area contributed by atoms with Gasteiger partial charge in [0.05, 0.1) is 12.2 Å². The number of hydrogen-bond donors (Lipinski definition) is 1. The Morgan fingerprint density at radius 1 is 1.32 bits per heavy atom. The van der Waals surface area contributed by atoms with Gasteiger partial charge in [0.15, 0.2) is 0 Å². The zero-order chi connectivity index (χ0) is 14.5. The zero-order valence-electron chi connectivity index (χ0n) is 10.9. The molecule has 1 aromatic rings. The lowest BCUT2D eigenvalue weighted by molar-refractivity contribution is -0.139. The maximum absolute atomic E-state index is 12.8. The van der Waals surface area contributed by atoms with Crippen molar-refractivity contribution in [3.8, 4) is 5.75 Å². The molecule has 0 bridgehead atoms. The molecule has 0 aromatic heterocycles. The first-order valence-electron chi connectivity index (χ1n) is 6.03. The molecule has 0 unspecified atom stereocenters. The third-order valence-electron chi connectivity index (χ3n) is 2.38. The Morgan fingerprint density at radius 2 is 2.00 bits per heavy atom. The van der Waals surface area contributed by atoms with Gasteiger partial charge in [0.1, 0.15) is 5.75 Å². The molecule has 1 rings (SSSR count). The summed E-state index contributed by atoms with van der Waals surface area (Å²) >= 11 is 3.03. The molecule has 0 amide bonds. The third-order valence-corrected chi connectivity index (χ3v) is 2.87. The van der Waals surface area contributed by atoms with E-state index in [2.05, 4.69) is 21.2 Å². The summed E-state index contributed by atoms with van der Waals surface area (Å²) in [5, 5.41) is 3.18. The second kappa shape index (κ2) is 7.14. The number of ether oxygens (including phenoxy) is 1. The van der Waals surface area contributed by atoms with Gasteiger partial charge in [-0.1, -0.05) is 29.8 Å². The van der Waals surface area contributed by atoms with Crippen molar-refractivity contribution in [3.05, 3.63) is 28.2 Å². The number of nitrogens with one attached hydrogen (secondary N) is 1. The molecular weight excluding hydrogens is 323 g/mol. The van der Waals surface area contributed by atoms with Crippen molar-refractivity contribution in [1.82, 2.24) is 5.32 Å². The van der Waals surface area contributed by atoms with E-state index in [9.17, 15) is 13.2 Å². The van der Waals surface area contributed by atoms with E-state index in [0.717, 1.165) is 12.6 Å². The van der Waals surface area contributed by atoms with E-state index >= 15 is 0 Å². The van der Waals surface area contributed by atoms with Crippen LogP contribution in [0.5, 0.6) is 5.75 Å². The van der Waals surface area contributed by atoms with Crippen molar-refractivity contribution >= 4 is 15.9 Å². The second-order valence-electron chi connectivity index (χ2n) is 4.45. The number of benzene rings is 1. The topological polar surface area (TPSA) is 21.3 Å². The van der Waals surface area contributed by atoms with Gasteiger partial charge < -0.3 is 10.1 Å². The third kappa shape index (κ3) is 5.82. The van der Waals surface area contributed by atoms with Crippen LogP contribution < -0.4 is 10.1 Å². The normalized spacial score (nSPS) is 11.9. The first-order valence-corrected chi connectivity index (χ1v) is 6.83. The minimum atomic E-state index is -4.41. The van der Waals surface area contributed by atoms with Gasteiger partial charge in [0.25, 0.3) is 0 Å². The SMILES string of the molecule is CC(C)NCCCOc1ccc(Br)cc1C(F)(F)F. The molecule has 1 N–H and O–H groups in total. The van der Waals surface area contributed by atoms with E-state index in [1.165, 1.54) is 12.1 Å². The van der Waals surface area contributed by atoms with Gasteiger partial charge in [0.2, 0.25) is 0 Å². The Morgan fingerprint density at radius 3 is 2.58 bits per heavy atom. The van der Waals surface area contributed by atoms with Crippen LogP contribution in [0, 0.1) is 0 Å². The molecule has 0 spiro atoms. The van der Waals surface area contributed by atoms with Crippen LogP contribution in [0.2, 0.25) is 0 Å². The van der Waals surface area contributed by atoms with E-state index in [1.54, 1.807) is 0 Å². The molecule has 0 fully saturated rings. The Kier molecular flexibility index (Phi) is 6.13. The van der Waals surface area contributed by atoms with Crippen molar-refractivity contribution < 1.29 is 17.9 Å². The van der Waals surface area contributed by atoms with E-state index < -0.39 is 11.7 Å². The highest BCUT2D eigenvalue weighted by Gasteiger charge is 2.34. The van der Waals surface area contributed by atoms with Crippen LogP contribution in [0.25, 0.3) is 0 Å². The summed E-state index contributed by atoms with van der Waals surface area (Å²) in [5.41, 5.74) is -0.751. The molecular formula is C13H17BrF3NO. The van der Waals surface area contributed by atoms with Crippen molar-refractivity contribution in [2.75, 3.05) is 13.2 Å². The Hall–Kier alpha value is -0.750. The molecule has 19 heavy (non-hydrogen) atoms. The van der Waals surface area contributed by atoms with Crippen LogP contribution in [-0.4, -0.2) is 19.2 Å². The molecule has 6 heteroatoms. The minimum absolute atomic E-state index is 0.125. The molecule has 0 aliphatic rings. The molecule has 0 atom stereocenters. The predicted octanol–water partition coefficient (Wildman–Crippen LogP) is 4.23. The molecule has 0 heterocycles. The summed E-state index contributed by atoms with van der Waals surface area (Å²) in [4.78, 5) is 0. The first kappa shape index (κ1) is 16.3. The highest BCUT2D eigenvalue weighted by molar-refractivity contribution is 9.10. The number of rotatable bonds is 6. The fourth-order valence-electron chi connectivity index (χ4n) is 1.49. The average Bonchev–Trinajstić information content (AvgIpc) is 2.28. The molecule has 0 saturated carbocycles. The van der Waals surface area contributed by atoms with Gasteiger partial charge >= 0.3 is 6.18 Å². The van der Waals surface area contributed by atoms with Crippen molar-refractivity contribution in [3.63, 3.8) is 0 Å². The molecule has 0 radical (unpaired) electrons. The van der Waals surface area contributed by atoms with E-state index in [-0.39, 0.29) is 12.4 Å². The Balaban J connectivity index is 2.58. The largest absolute Gasteiger partial charge is 0.493 e. The fraction of sp³-hybridized carbons (Fsp3) is 0.538. The van der Waals surface area contributed by atoms with Crippen LogP contribution >= 0.6 is 15.9 Å². The van der Waals surface area contributed by atoms with Gasteiger partial charge in [-0.2, -0.15) is 13.2 Å². The van der Waals surface area contributed by atoms with E-state index in [4.69, 9.17) is 4.74 Å². The molecule has 0 aliphatic carbocycles. The predicted molar refractivity (Wildman–Crippen MR) is 72.4 cm³/mol. The van der Waals surface area contributed by atoms with Crippen LogP contribution in [0.1, 0.15) is 25.8 Å². The monoisotopic (exact) mass is 339 g/mol. The van der Waals surface area contributed by atoms with Gasteiger partial charge in [-0.25, -0.2) is 0 Å². The van der Waals surface area contributed by atoms with Crippen molar-refractivity contribution in [1.29, 1.82) is 0 Å². The summed E-state index contributed by atoms with van der Waals surface area (Å²) in [7, 11) is 0. The molecule has 108 valence electrons. The van der Waals surface area contributed by atoms with Gasteiger partial charge in [-0.05, 0) is 31.2 Å². The molecule has 0 saturated heterocycles. The maximum Gasteiger partial charge on any atom is 0.420 e. The summed E-state index contributed by atoms with van der Waals surface area (Å²) in [6, 6.07) is 4.26. The maximum atomic E-state index is 12.8. The van der Waals surface area contributed by atoms with Crippen molar-refractivity contribution in [2.45, 2.75) is 32.5 Å². The molecule has 2 nitrogen and oxygen atoms in total. The number of hydrogen-bond acceptors (Lipinski definition) is 2. The highest BCUT2D eigenvalue weighted by atomic mass is 79.9. The zero-order valence-corrected chi connectivity index (χ0v) is 12.4. The lowest BCUT2D eigenvalue weighted by Gasteiger charge is -2.14. The highest BCUT2D eigenvalue weighted by Crippen LogP contribution is 2.37. The average molecular weight is 340 g/mol. The van der Waals surface area contributed by atoms with Gasteiger partial charge in [-0.3, -0.25) is 0 Å². The van der Waals surface area contributed by atoms with E-state index in [1.807, 2.05) is 13.8 Å². The second-order valence-corrected chi connectivity index (χ2v) is 5.36. The summed E-state index contributed by atoms with van der Waals surface area (Å²) in [6.07, 6.45) is -3.75. The lowest BCUT2D eigenvalue weighted by Crippen LogP contribution is -2.25. The van der Waals surface area contributed by atoms with Gasteiger partial charge in [-0.15, -0.1) is 0 Å². The van der Waals surface area contributed by atoms with Crippen LogP contribution in [-0.2, 0) is 6.18 Å². The summed E-state index contributed by atoms with van der Waals surface area (Å²) in [6.45, 7) is 4.99. The summed E-state index contributed by atoms with van der Waals surface area (Å²) < 4.78 is 44.0. The Bertz CT molecular complexity index is 407. The Labute approximate surface area is 119 Å². The van der Waals surface area contributed by atoms with Crippen LogP contribution in [0.3, 0.4) is 0 Å². The van der Waals surface area contributed by atoms with Crippen molar-refractivity contribution in [2.24, 2.45) is 0 Å².